The number of rotatable bonds is 2. The number of hydrogen-bond acceptors (Lipinski definition) is 1. The molecule has 0 bridgehead atoms. The predicted octanol–water partition coefficient (Wildman–Crippen LogP) is 4.57. The van der Waals surface area contributed by atoms with E-state index in [0.717, 1.165) is 33.2 Å². The molecule has 1 aromatic carbocycles. The van der Waals surface area contributed by atoms with Crippen LogP contribution in [0.25, 0.3) is 0 Å². The Bertz CT molecular complexity index is 617. The van der Waals surface area contributed by atoms with Crippen molar-refractivity contribution in [1.82, 2.24) is 0 Å². The first-order valence-corrected chi connectivity index (χ1v) is 8.48. The quantitative estimate of drug-likeness (QED) is 0.575. The summed E-state index contributed by atoms with van der Waals surface area (Å²) in [6.07, 6.45) is 2.16. The fourth-order valence-corrected chi connectivity index (χ4v) is 5.13. The molecule has 0 heterocycles. The minimum atomic E-state index is -1.96. The van der Waals surface area contributed by atoms with Gasteiger partial charge in [-0.1, -0.05) is 54.5 Å². The molecule has 0 N–H and O–H groups in total. The molecular weight excluding hydrogens is 263 g/mol. The molecule has 0 spiro atoms. The van der Waals surface area contributed by atoms with Crippen molar-refractivity contribution < 1.29 is 4.57 Å². The maximum absolute atomic E-state index is 13.1. The van der Waals surface area contributed by atoms with Gasteiger partial charge in [0.15, 0.2) is 0 Å². The molecule has 0 aliphatic heterocycles. The molecule has 1 nitrogen and oxygen atoms in total. The van der Waals surface area contributed by atoms with E-state index in [4.69, 9.17) is 0 Å². The Balaban J connectivity index is 2.44. The van der Waals surface area contributed by atoms with Crippen molar-refractivity contribution in [2.75, 3.05) is 0 Å². The average Bonchev–Trinajstić information content (AvgIpc) is 2.35. The van der Waals surface area contributed by atoms with Gasteiger partial charge in [0.2, 0.25) is 0 Å². The van der Waals surface area contributed by atoms with Crippen LogP contribution in [0.15, 0.2) is 54.2 Å². The monoisotopic (exact) mass is 286 g/mol. The molecular formula is C18H23OP. The van der Waals surface area contributed by atoms with Gasteiger partial charge in [-0.3, -0.25) is 0 Å². The van der Waals surface area contributed by atoms with Crippen molar-refractivity contribution in [2.45, 2.75) is 33.4 Å². The largest absolute Gasteiger partial charge is 0.321 e. The highest BCUT2D eigenvalue weighted by molar-refractivity contribution is 7.54. The van der Waals surface area contributed by atoms with Crippen LogP contribution in [-0.4, -0.2) is 5.66 Å². The SMILES string of the molecule is C=C1C(C)=CC(C)C(=C)C1[PH](=O)c1cc(C)cc(C)c1. The van der Waals surface area contributed by atoms with E-state index in [1.807, 2.05) is 26.0 Å². The van der Waals surface area contributed by atoms with E-state index in [2.05, 4.69) is 39.1 Å². The molecule has 1 aromatic rings. The standard InChI is InChI=1S/C18H23OP/c1-11-7-12(2)9-17(8-11)20(19)18-15(5)13(3)10-14(4)16(18)6/h7-10,13,18,20H,5-6H2,1-4H3. The molecule has 0 radical (unpaired) electrons. The summed E-state index contributed by atoms with van der Waals surface area (Å²) < 4.78 is 13.1. The summed E-state index contributed by atoms with van der Waals surface area (Å²) >= 11 is 0. The van der Waals surface area contributed by atoms with Crippen molar-refractivity contribution in [3.8, 4) is 0 Å². The summed E-state index contributed by atoms with van der Waals surface area (Å²) in [6, 6.07) is 6.18. The minimum absolute atomic E-state index is 0.0961. The van der Waals surface area contributed by atoms with Crippen LogP contribution in [0.2, 0.25) is 0 Å². The molecule has 1 aliphatic rings. The van der Waals surface area contributed by atoms with Gasteiger partial charge in [0.05, 0.1) is 5.66 Å². The highest BCUT2D eigenvalue weighted by Crippen LogP contribution is 2.44. The smallest absolute Gasteiger partial charge is 0.115 e. The Hall–Kier alpha value is -1.33. The first-order chi connectivity index (χ1) is 9.31. The second kappa shape index (κ2) is 5.58. The van der Waals surface area contributed by atoms with E-state index in [-0.39, 0.29) is 11.6 Å². The fraction of sp³-hybridized carbons (Fsp3) is 0.333. The van der Waals surface area contributed by atoms with Gasteiger partial charge < -0.3 is 4.57 Å². The highest BCUT2D eigenvalue weighted by Gasteiger charge is 2.30. The van der Waals surface area contributed by atoms with Crippen LogP contribution in [0.3, 0.4) is 0 Å². The Morgan fingerprint density at radius 1 is 1.05 bits per heavy atom. The zero-order chi connectivity index (χ0) is 15.0. The first kappa shape index (κ1) is 15.1. The zero-order valence-electron chi connectivity index (χ0n) is 12.8. The lowest BCUT2D eigenvalue weighted by Crippen LogP contribution is -2.22. The van der Waals surface area contributed by atoms with Crippen molar-refractivity contribution in [2.24, 2.45) is 5.92 Å². The van der Waals surface area contributed by atoms with Gasteiger partial charge in [0, 0.05) is 5.30 Å². The van der Waals surface area contributed by atoms with E-state index >= 15 is 0 Å². The van der Waals surface area contributed by atoms with Crippen molar-refractivity contribution in [1.29, 1.82) is 0 Å². The van der Waals surface area contributed by atoms with Crippen LogP contribution in [0.4, 0.5) is 0 Å². The van der Waals surface area contributed by atoms with Crippen molar-refractivity contribution >= 4 is 13.1 Å². The average molecular weight is 286 g/mol. The van der Waals surface area contributed by atoms with Gasteiger partial charge in [-0.25, -0.2) is 0 Å². The third kappa shape index (κ3) is 2.74. The molecule has 0 aromatic heterocycles. The predicted molar refractivity (Wildman–Crippen MR) is 89.5 cm³/mol. The van der Waals surface area contributed by atoms with Gasteiger partial charge in [0.1, 0.15) is 7.80 Å². The third-order valence-electron chi connectivity index (χ3n) is 4.08. The third-order valence-corrected chi connectivity index (χ3v) is 6.18. The Morgan fingerprint density at radius 3 is 2.15 bits per heavy atom. The number of allylic oxidation sites excluding steroid dienone is 4. The fourth-order valence-electron chi connectivity index (χ4n) is 2.91. The minimum Gasteiger partial charge on any atom is -0.321 e. The first-order valence-electron chi connectivity index (χ1n) is 7.00. The number of hydrogen-bond donors (Lipinski definition) is 0. The molecule has 106 valence electrons. The van der Waals surface area contributed by atoms with Crippen LogP contribution >= 0.6 is 7.80 Å². The number of aryl methyl sites for hydroxylation is 2. The van der Waals surface area contributed by atoms with Crippen molar-refractivity contribution in [3.05, 3.63) is 65.3 Å². The zero-order valence-corrected chi connectivity index (χ0v) is 13.8. The molecule has 0 amide bonds. The molecule has 3 unspecified atom stereocenters. The van der Waals surface area contributed by atoms with E-state index in [1.54, 1.807) is 0 Å². The maximum Gasteiger partial charge on any atom is 0.115 e. The van der Waals surface area contributed by atoms with Gasteiger partial charge in [-0.05, 0) is 44.4 Å². The van der Waals surface area contributed by atoms with E-state index in [9.17, 15) is 4.57 Å². The van der Waals surface area contributed by atoms with E-state index in [0.29, 0.717) is 0 Å². The van der Waals surface area contributed by atoms with Crippen LogP contribution in [-0.2, 0) is 4.57 Å². The molecule has 3 atom stereocenters. The summed E-state index contributed by atoms with van der Waals surface area (Å²) in [5.41, 5.74) is 5.37. The van der Waals surface area contributed by atoms with E-state index in [1.165, 1.54) is 0 Å². The van der Waals surface area contributed by atoms with Crippen LogP contribution in [0.1, 0.15) is 25.0 Å². The second-order valence-electron chi connectivity index (χ2n) is 5.91. The molecule has 2 heteroatoms. The summed E-state index contributed by atoms with van der Waals surface area (Å²) in [6.45, 7) is 16.6. The topological polar surface area (TPSA) is 17.1 Å². The lowest BCUT2D eigenvalue weighted by molar-refractivity contribution is 0.588. The lowest BCUT2D eigenvalue weighted by Gasteiger charge is -2.30. The Kier molecular flexibility index (Phi) is 4.20. The van der Waals surface area contributed by atoms with E-state index < -0.39 is 7.80 Å². The molecule has 0 saturated carbocycles. The van der Waals surface area contributed by atoms with Crippen LogP contribution < -0.4 is 5.30 Å². The highest BCUT2D eigenvalue weighted by atomic mass is 31.1. The molecule has 2 rings (SSSR count). The number of benzene rings is 1. The lowest BCUT2D eigenvalue weighted by atomic mass is 9.85. The molecule has 1 aliphatic carbocycles. The van der Waals surface area contributed by atoms with Gasteiger partial charge in [0.25, 0.3) is 0 Å². The maximum atomic E-state index is 13.1. The Morgan fingerprint density at radius 2 is 1.60 bits per heavy atom. The van der Waals surface area contributed by atoms with Gasteiger partial charge in [-0.15, -0.1) is 0 Å². The van der Waals surface area contributed by atoms with Crippen LogP contribution in [0.5, 0.6) is 0 Å². The summed E-state index contributed by atoms with van der Waals surface area (Å²) in [7, 11) is -1.96. The summed E-state index contributed by atoms with van der Waals surface area (Å²) in [4.78, 5) is 0. The summed E-state index contributed by atoms with van der Waals surface area (Å²) in [5.74, 6) is 0.269. The normalized spacial score (nSPS) is 24.5. The van der Waals surface area contributed by atoms with Gasteiger partial charge in [-0.2, -0.15) is 0 Å². The van der Waals surface area contributed by atoms with Crippen LogP contribution in [0, 0.1) is 19.8 Å². The molecule has 0 fully saturated rings. The van der Waals surface area contributed by atoms with Gasteiger partial charge >= 0.3 is 0 Å². The molecule has 0 saturated heterocycles. The Labute approximate surface area is 122 Å². The molecule has 20 heavy (non-hydrogen) atoms. The second-order valence-corrected chi connectivity index (χ2v) is 7.80. The van der Waals surface area contributed by atoms with Crippen molar-refractivity contribution in [3.63, 3.8) is 0 Å². The summed E-state index contributed by atoms with van der Waals surface area (Å²) in [5, 5.41) is 0.946.